The first-order valence-corrected chi connectivity index (χ1v) is 8.08. The fourth-order valence-electron chi connectivity index (χ4n) is 3.16. The van der Waals surface area contributed by atoms with Crippen molar-refractivity contribution in [2.45, 2.75) is 38.1 Å². The van der Waals surface area contributed by atoms with E-state index in [9.17, 15) is 0 Å². The van der Waals surface area contributed by atoms with Crippen molar-refractivity contribution in [2.75, 3.05) is 6.54 Å². The predicted molar refractivity (Wildman–Crippen MR) is 87.8 cm³/mol. The largest absolute Gasteiger partial charge is 0.310 e. The Morgan fingerprint density at radius 2 is 2.19 bits per heavy atom. The highest BCUT2D eigenvalue weighted by Crippen LogP contribution is 2.41. The Labute approximate surface area is 131 Å². The van der Waals surface area contributed by atoms with Crippen LogP contribution in [-0.2, 0) is 6.42 Å². The van der Waals surface area contributed by atoms with E-state index in [2.05, 4.69) is 41.5 Å². The van der Waals surface area contributed by atoms with Crippen molar-refractivity contribution >= 4 is 11.6 Å². The van der Waals surface area contributed by atoms with Gasteiger partial charge in [-0.2, -0.15) is 0 Å². The molecule has 1 heterocycles. The van der Waals surface area contributed by atoms with E-state index in [0.717, 1.165) is 24.4 Å². The van der Waals surface area contributed by atoms with Crippen molar-refractivity contribution in [2.24, 2.45) is 0 Å². The monoisotopic (exact) mass is 300 g/mol. The Bertz CT molecular complexity index is 612. The van der Waals surface area contributed by atoms with Crippen LogP contribution >= 0.6 is 11.6 Å². The van der Waals surface area contributed by atoms with E-state index in [1.165, 1.54) is 23.1 Å². The topological polar surface area (TPSA) is 24.9 Å². The normalized spacial score (nSPS) is 17.9. The molecule has 1 aromatic heterocycles. The average molecular weight is 301 g/mol. The van der Waals surface area contributed by atoms with Gasteiger partial charge in [-0.3, -0.25) is 4.98 Å². The van der Waals surface area contributed by atoms with Crippen LogP contribution in [0.25, 0.3) is 0 Å². The molecule has 0 bridgehead atoms. The van der Waals surface area contributed by atoms with Gasteiger partial charge in [0.2, 0.25) is 0 Å². The molecular weight excluding hydrogens is 280 g/mol. The smallest absolute Gasteiger partial charge is 0.0637 e. The molecule has 1 aromatic carbocycles. The van der Waals surface area contributed by atoms with Crippen LogP contribution in [0.3, 0.4) is 0 Å². The van der Waals surface area contributed by atoms with E-state index in [0.29, 0.717) is 12.0 Å². The lowest BCUT2D eigenvalue weighted by Crippen LogP contribution is -2.28. The summed E-state index contributed by atoms with van der Waals surface area (Å²) in [5, 5.41) is 4.41. The first kappa shape index (κ1) is 14.6. The van der Waals surface area contributed by atoms with Gasteiger partial charge in [0.05, 0.1) is 5.02 Å². The van der Waals surface area contributed by atoms with Gasteiger partial charge in [0, 0.05) is 18.4 Å². The molecule has 1 aliphatic rings. The second-order valence-corrected chi connectivity index (χ2v) is 6.15. The Balaban J connectivity index is 1.77. The third kappa shape index (κ3) is 3.12. The summed E-state index contributed by atoms with van der Waals surface area (Å²) in [5.74, 6) is 0.639. The maximum Gasteiger partial charge on any atom is 0.0637 e. The van der Waals surface area contributed by atoms with Crippen molar-refractivity contribution in [3.05, 3.63) is 64.4 Å². The third-order valence-corrected chi connectivity index (χ3v) is 4.62. The van der Waals surface area contributed by atoms with Crippen LogP contribution in [0.15, 0.2) is 42.7 Å². The zero-order valence-electron chi connectivity index (χ0n) is 12.3. The van der Waals surface area contributed by atoms with Gasteiger partial charge in [0.15, 0.2) is 0 Å². The van der Waals surface area contributed by atoms with Crippen LogP contribution in [0.4, 0.5) is 0 Å². The Morgan fingerprint density at radius 3 is 2.95 bits per heavy atom. The fourth-order valence-corrected chi connectivity index (χ4v) is 3.42. The van der Waals surface area contributed by atoms with Crippen LogP contribution in [0, 0.1) is 0 Å². The maximum absolute atomic E-state index is 6.34. The molecule has 0 saturated heterocycles. The summed E-state index contributed by atoms with van der Waals surface area (Å²) < 4.78 is 0. The standard InChI is InChI=1S/C18H21ClN2/c1-2-8-21-18(16-7-9-20-12-17(16)19)11-14-10-13-5-3-4-6-15(13)14/h3-7,9,12,14,18,21H,2,8,10-11H2,1H3. The Hall–Kier alpha value is -1.38. The second kappa shape index (κ2) is 6.59. The predicted octanol–water partition coefficient (Wildman–Crippen LogP) is 4.51. The Morgan fingerprint density at radius 1 is 1.33 bits per heavy atom. The first-order valence-electron chi connectivity index (χ1n) is 7.70. The van der Waals surface area contributed by atoms with E-state index in [4.69, 9.17) is 11.6 Å². The van der Waals surface area contributed by atoms with Gasteiger partial charge in [-0.05, 0) is 54.5 Å². The lowest BCUT2D eigenvalue weighted by atomic mass is 9.74. The zero-order valence-corrected chi connectivity index (χ0v) is 13.1. The highest BCUT2D eigenvalue weighted by atomic mass is 35.5. The fraction of sp³-hybridized carbons (Fsp3) is 0.389. The van der Waals surface area contributed by atoms with E-state index >= 15 is 0 Å². The number of nitrogens with one attached hydrogen (secondary N) is 1. The van der Waals surface area contributed by atoms with Gasteiger partial charge in [-0.15, -0.1) is 0 Å². The van der Waals surface area contributed by atoms with E-state index < -0.39 is 0 Å². The van der Waals surface area contributed by atoms with Gasteiger partial charge in [0.25, 0.3) is 0 Å². The van der Waals surface area contributed by atoms with E-state index in [1.54, 1.807) is 6.20 Å². The molecule has 2 nitrogen and oxygen atoms in total. The van der Waals surface area contributed by atoms with Crippen molar-refractivity contribution in [3.8, 4) is 0 Å². The molecule has 0 amide bonds. The first-order chi connectivity index (χ1) is 10.3. The molecule has 3 rings (SSSR count). The Kier molecular flexibility index (Phi) is 4.57. The maximum atomic E-state index is 6.34. The number of hydrogen-bond acceptors (Lipinski definition) is 2. The number of pyridine rings is 1. The number of fused-ring (bicyclic) bond motifs is 1. The quantitative estimate of drug-likeness (QED) is 0.849. The average Bonchev–Trinajstić information content (AvgIpc) is 2.49. The minimum Gasteiger partial charge on any atom is -0.310 e. The summed E-state index contributed by atoms with van der Waals surface area (Å²) in [7, 11) is 0. The van der Waals surface area contributed by atoms with Gasteiger partial charge in [-0.1, -0.05) is 42.8 Å². The number of halogens is 1. The van der Waals surface area contributed by atoms with E-state index in [1.807, 2.05) is 12.3 Å². The number of rotatable bonds is 6. The molecule has 21 heavy (non-hydrogen) atoms. The summed E-state index contributed by atoms with van der Waals surface area (Å²) in [4.78, 5) is 4.10. The SMILES string of the molecule is CCCNC(CC1Cc2ccccc21)c1ccncc1Cl. The number of hydrogen-bond donors (Lipinski definition) is 1. The summed E-state index contributed by atoms with van der Waals surface area (Å²) >= 11 is 6.34. The number of aromatic nitrogens is 1. The minimum atomic E-state index is 0.304. The summed E-state index contributed by atoms with van der Waals surface area (Å²) in [5.41, 5.74) is 4.17. The molecular formula is C18H21ClN2. The molecule has 0 saturated carbocycles. The molecule has 0 fully saturated rings. The molecule has 0 spiro atoms. The highest BCUT2D eigenvalue weighted by molar-refractivity contribution is 6.31. The van der Waals surface area contributed by atoms with Crippen LogP contribution in [0.5, 0.6) is 0 Å². The van der Waals surface area contributed by atoms with Crippen molar-refractivity contribution in [1.29, 1.82) is 0 Å². The van der Waals surface area contributed by atoms with Gasteiger partial charge < -0.3 is 5.32 Å². The molecule has 110 valence electrons. The highest BCUT2D eigenvalue weighted by Gasteiger charge is 2.29. The van der Waals surface area contributed by atoms with Gasteiger partial charge in [0.1, 0.15) is 0 Å². The molecule has 0 aliphatic heterocycles. The molecule has 3 heteroatoms. The van der Waals surface area contributed by atoms with Crippen LogP contribution in [-0.4, -0.2) is 11.5 Å². The molecule has 0 radical (unpaired) electrons. The summed E-state index contributed by atoms with van der Waals surface area (Å²) in [6, 6.07) is 11.1. The summed E-state index contributed by atoms with van der Waals surface area (Å²) in [6.07, 6.45) is 6.98. The molecule has 2 unspecified atom stereocenters. The van der Waals surface area contributed by atoms with Crippen LogP contribution in [0.1, 0.15) is 48.4 Å². The van der Waals surface area contributed by atoms with Crippen LogP contribution in [0.2, 0.25) is 5.02 Å². The second-order valence-electron chi connectivity index (χ2n) is 5.74. The minimum absolute atomic E-state index is 0.304. The number of nitrogens with zero attached hydrogens (tertiary/aromatic N) is 1. The number of benzene rings is 1. The molecule has 2 aromatic rings. The van der Waals surface area contributed by atoms with Gasteiger partial charge >= 0.3 is 0 Å². The van der Waals surface area contributed by atoms with Crippen molar-refractivity contribution in [1.82, 2.24) is 10.3 Å². The molecule has 1 aliphatic carbocycles. The van der Waals surface area contributed by atoms with Crippen molar-refractivity contribution < 1.29 is 0 Å². The van der Waals surface area contributed by atoms with Gasteiger partial charge in [-0.25, -0.2) is 0 Å². The lowest BCUT2D eigenvalue weighted by Gasteiger charge is -2.33. The van der Waals surface area contributed by atoms with E-state index in [-0.39, 0.29) is 0 Å². The third-order valence-electron chi connectivity index (χ3n) is 4.30. The zero-order chi connectivity index (χ0) is 14.7. The van der Waals surface area contributed by atoms with Crippen molar-refractivity contribution in [3.63, 3.8) is 0 Å². The van der Waals surface area contributed by atoms with Crippen LogP contribution < -0.4 is 5.32 Å². The molecule has 1 N–H and O–H groups in total. The lowest BCUT2D eigenvalue weighted by molar-refractivity contribution is 0.428. The summed E-state index contributed by atoms with van der Waals surface area (Å²) in [6.45, 7) is 3.20. The molecule has 2 atom stereocenters.